The number of hydrogen-bond donors (Lipinski definition) is 1. The number of aromatic amines is 1. The van der Waals surface area contributed by atoms with Gasteiger partial charge in [0.2, 0.25) is 0 Å². The van der Waals surface area contributed by atoms with E-state index in [2.05, 4.69) is 10.2 Å². The fourth-order valence-corrected chi connectivity index (χ4v) is 1.95. The first-order valence-electron chi connectivity index (χ1n) is 6.29. The number of ether oxygens (including phenoxy) is 1. The highest BCUT2D eigenvalue weighted by atomic mass is 19.1. The van der Waals surface area contributed by atoms with E-state index in [-0.39, 0.29) is 11.7 Å². The molecule has 0 radical (unpaired) electrons. The number of fused-ring (bicyclic) bond motifs is 1. The SMILES string of the molecule is CN(C(=O)Oc1n[nH]c2cc(F)ccc12)c1ccccc1. The number of nitrogens with zero attached hydrogens (tertiary/aromatic N) is 2. The molecule has 3 rings (SSSR count). The van der Waals surface area contributed by atoms with Crippen LogP contribution in [0.2, 0.25) is 0 Å². The molecule has 0 unspecified atom stereocenters. The number of anilines is 1. The van der Waals surface area contributed by atoms with Crippen LogP contribution in [0.5, 0.6) is 5.88 Å². The highest BCUT2D eigenvalue weighted by Gasteiger charge is 2.16. The smallest absolute Gasteiger partial charge is 0.389 e. The molecule has 0 bridgehead atoms. The largest absolute Gasteiger partial charge is 0.420 e. The minimum Gasteiger partial charge on any atom is -0.389 e. The first kappa shape index (κ1) is 13.1. The average molecular weight is 285 g/mol. The molecule has 0 aliphatic carbocycles. The molecule has 3 aromatic rings. The Hall–Kier alpha value is -2.89. The lowest BCUT2D eigenvalue weighted by Gasteiger charge is -2.15. The minimum atomic E-state index is -0.570. The van der Waals surface area contributed by atoms with Gasteiger partial charge in [0.05, 0.1) is 10.9 Å². The van der Waals surface area contributed by atoms with Crippen molar-refractivity contribution in [1.82, 2.24) is 10.2 Å². The van der Waals surface area contributed by atoms with Gasteiger partial charge in [0.15, 0.2) is 0 Å². The lowest BCUT2D eigenvalue weighted by molar-refractivity contribution is 0.207. The van der Waals surface area contributed by atoms with Crippen molar-refractivity contribution in [2.24, 2.45) is 0 Å². The van der Waals surface area contributed by atoms with E-state index in [1.807, 2.05) is 18.2 Å². The molecule has 0 fully saturated rings. The van der Waals surface area contributed by atoms with E-state index in [0.29, 0.717) is 16.6 Å². The molecule has 6 heteroatoms. The highest BCUT2D eigenvalue weighted by Crippen LogP contribution is 2.24. The molecule has 1 N–H and O–H groups in total. The Morgan fingerprint density at radius 2 is 2.00 bits per heavy atom. The third-order valence-corrected chi connectivity index (χ3v) is 3.09. The van der Waals surface area contributed by atoms with E-state index in [1.165, 1.54) is 23.1 Å². The molecule has 1 aromatic heterocycles. The van der Waals surface area contributed by atoms with Crippen molar-refractivity contribution >= 4 is 22.7 Å². The molecule has 0 spiro atoms. The maximum atomic E-state index is 13.1. The zero-order chi connectivity index (χ0) is 14.8. The molecule has 0 saturated heterocycles. The zero-order valence-electron chi connectivity index (χ0n) is 11.2. The monoisotopic (exact) mass is 285 g/mol. The molecule has 1 amide bonds. The van der Waals surface area contributed by atoms with Crippen molar-refractivity contribution < 1.29 is 13.9 Å². The van der Waals surface area contributed by atoms with Crippen LogP contribution >= 0.6 is 0 Å². The van der Waals surface area contributed by atoms with E-state index >= 15 is 0 Å². The van der Waals surface area contributed by atoms with E-state index in [9.17, 15) is 9.18 Å². The van der Waals surface area contributed by atoms with Crippen LogP contribution < -0.4 is 9.64 Å². The molecule has 0 aliphatic rings. The molecule has 1 heterocycles. The lowest BCUT2D eigenvalue weighted by Crippen LogP contribution is -2.29. The summed E-state index contributed by atoms with van der Waals surface area (Å²) in [7, 11) is 1.60. The second-order valence-corrected chi connectivity index (χ2v) is 4.48. The number of amides is 1. The van der Waals surface area contributed by atoms with E-state index < -0.39 is 6.09 Å². The van der Waals surface area contributed by atoms with Crippen molar-refractivity contribution in [3.8, 4) is 5.88 Å². The van der Waals surface area contributed by atoms with Crippen LogP contribution in [0.3, 0.4) is 0 Å². The Labute approximate surface area is 119 Å². The normalized spacial score (nSPS) is 10.6. The number of para-hydroxylation sites is 1. The third-order valence-electron chi connectivity index (χ3n) is 3.09. The number of aromatic nitrogens is 2. The number of carbonyl (C=O) groups is 1. The molecule has 0 atom stereocenters. The highest BCUT2D eigenvalue weighted by molar-refractivity contribution is 5.92. The lowest BCUT2D eigenvalue weighted by atomic mass is 10.2. The first-order valence-corrected chi connectivity index (χ1v) is 6.29. The van der Waals surface area contributed by atoms with Gasteiger partial charge < -0.3 is 4.74 Å². The average Bonchev–Trinajstić information content (AvgIpc) is 2.89. The quantitative estimate of drug-likeness (QED) is 0.785. The Morgan fingerprint density at radius 3 is 2.76 bits per heavy atom. The number of halogens is 1. The van der Waals surface area contributed by atoms with Crippen LogP contribution in [0, 0.1) is 5.82 Å². The molecule has 21 heavy (non-hydrogen) atoms. The Kier molecular flexibility index (Phi) is 3.27. The summed E-state index contributed by atoms with van der Waals surface area (Å²) < 4.78 is 18.3. The number of benzene rings is 2. The third kappa shape index (κ3) is 2.55. The number of rotatable bonds is 2. The summed E-state index contributed by atoms with van der Waals surface area (Å²) in [6.07, 6.45) is -0.570. The Balaban J connectivity index is 1.83. The fourth-order valence-electron chi connectivity index (χ4n) is 1.95. The van der Waals surface area contributed by atoms with Gasteiger partial charge in [-0.05, 0) is 30.3 Å². The van der Waals surface area contributed by atoms with Crippen LogP contribution in [0.1, 0.15) is 0 Å². The van der Waals surface area contributed by atoms with Crippen LogP contribution in [-0.2, 0) is 0 Å². The molecule has 0 aliphatic heterocycles. The number of hydrogen-bond acceptors (Lipinski definition) is 3. The molecule has 106 valence electrons. The predicted octanol–water partition coefficient (Wildman–Crippen LogP) is 3.34. The predicted molar refractivity (Wildman–Crippen MR) is 76.9 cm³/mol. The van der Waals surface area contributed by atoms with Gasteiger partial charge in [-0.3, -0.25) is 10.00 Å². The van der Waals surface area contributed by atoms with Crippen LogP contribution in [0.15, 0.2) is 48.5 Å². The standard InChI is InChI=1S/C15H12FN3O2/c1-19(11-5-3-2-4-6-11)15(20)21-14-12-8-7-10(16)9-13(12)17-18-14/h2-9H,1H3,(H,17,18). The second-order valence-electron chi connectivity index (χ2n) is 4.48. The molecule has 0 saturated carbocycles. The fraction of sp³-hybridized carbons (Fsp3) is 0.0667. The summed E-state index contributed by atoms with van der Waals surface area (Å²) in [5.74, 6) is -0.261. The van der Waals surface area contributed by atoms with Gasteiger partial charge in [0, 0.05) is 12.7 Å². The summed E-state index contributed by atoms with van der Waals surface area (Å²) in [6.45, 7) is 0. The maximum absolute atomic E-state index is 13.1. The maximum Gasteiger partial charge on any atom is 0.420 e. The number of carbonyl (C=O) groups excluding carboxylic acids is 1. The Morgan fingerprint density at radius 1 is 1.24 bits per heavy atom. The van der Waals surface area contributed by atoms with Gasteiger partial charge in [-0.1, -0.05) is 18.2 Å². The van der Waals surface area contributed by atoms with Crippen molar-refractivity contribution in [2.45, 2.75) is 0 Å². The summed E-state index contributed by atoms with van der Waals surface area (Å²) in [6, 6.07) is 13.2. The number of H-pyrrole nitrogens is 1. The minimum absolute atomic E-state index is 0.123. The van der Waals surface area contributed by atoms with Crippen LogP contribution in [0.4, 0.5) is 14.9 Å². The van der Waals surface area contributed by atoms with Gasteiger partial charge in [-0.15, -0.1) is 5.10 Å². The Bertz CT molecular complexity index is 786. The van der Waals surface area contributed by atoms with E-state index in [1.54, 1.807) is 19.2 Å². The van der Waals surface area contributed by atoms with E-state index in [4.69, 9.17) is 4.74 Å². The summed E-state index contributed by atoms with van der Waals surface area (Å²) in [5, 5.41) is 7.07. The van der Waals surface area contributed by atoms with E-state index in [0.717, 1.165) is 0 Å². The van der Waals surface area contributed by atoms with Gasteiger partial charge >= 0.3 is 6.09 Å². The zero-order valence-corrected chi connectivity index (χ0v) is 11.2. The first-order chi connectivity index (χ1) is 10.1. The van der Waals surface area contributed by atoms with Crippen LogP contribution in [-0.4, -0.2) is 23.3 Å². The topological polar surface area (TPSA) is 58.2 Å². The van der Waals surface area contributed by atoms with Crippen molar-refractivity contribution in [1.29, 1.82) is 0 Å². The van der Waals surface area contributed by atoms with Crippen molar-refractivity contribution in [3.63, 3.8) is 0 Å². The van der Waals surface area contributed by atoms with Gasteiger partial charge in [-0.2, -0.15) is 0 Å². The van der Waals surface area contributed by atoms with Crippen molar-refractivity contribution in [3.05, 3.63) is 54.3 Å². The molecular formula is C15H12FN3O2. The summed E-state index contributed by atoms with van der Waals surface area (Å²) in [4.78, 5) is 13.5. The second kappa shape index (κ2) is 5.24. The van der Waals surface area contributed by atoms with Gasteiger partial charge in [0.1, 0.15) is 5.82 Å². The summed E-state index contributed by atoms with van der Waals surface area (Å²) in [5.41, 5.74) is 1.17. The number of nitrogens with one attached hydrogen (secondary N) is 1. The van der Waals surface area contributed by atoms with Crippen molar-refractivity contribution in [2.75, 3.05) is 11.9 Å². The molecular weight excluding hydrogens is 273 g/mol. The van der Waals surface area contributed by atoms with Gasteiger partial charge in [-0.25, -0.2) is 9.18 Å². The van der Waals surface area contributed by atoms with Gasteiger partial charge in [0.25, 0.3) is 5.88 Å². The summed E-state index contributed by atoms with van der Waals surface area (Å²) >= 11 is 0. The molecule has 5 nitrogen and oxygen atoms in total. The molecule has 2 aromatic carbocycles. The van der Waals surface area contributed by atoms with Crippen LogP contribution in [0.25, 0.3) is 10.9 Å².